The average molecular weight is 442 g/mol. The van der Waals surface area contributed by atoms with E-state index in [4.69, 9.17) is 13.9 Å². The van der Waals surface area contributed by atoms with Crippen LogP contribution in [0.5, 0.6) is 0 Å². The summed E-state index contributed by atoms with van der Waals surface area (Å²) in [5.74, 6) is -0.328. The molecule has 0 unspecified atom stereocenters. The van der Waals surface area contributed by atoms with Crippen molar-refractivity contribution in [3.63, 3.8) is 0 Å². The highest BCUT2D eigenvalue weighted by Crippen LogP contribution is 2.37. The first-order valence-electron chi connectivity index (χ1n) is 10.9. The van der Waals surface area contributed by atoms with Gasteiger partial charge in [0, 0.05) is 6.92 Å². The van der Waals surface area contributed by atoms with Crippen molar-refractivity contribution in [3.05, 3.63) is 60.7 Å². The van der Waals surface area contributed by atoms with Gasteiger partial charge in [0.15, 0.2) is 0 Å². The van der Waals surface area contributed by atoms with Crippen LogP contribution in [0.2, 0.25) is 5.04 Å². The van der Waals surface area contributed by atoms with Crippen molar-refractivity contribution < 1.29 is 18.7 Å². The van der Waals surface area contributed by atoms with Gasteiger partial charge < -0.3 is 18.8 Å². The topological polar surface area (TPSA) is 48.0 Å². The van der Waals surface area contributed by atoms with E-state index in [1.165, 1.54) is 17.3 Å². The van der Waals surface area contributed by atoms with Gasteiger partial charge in [-0.25, -0.2) is 0 Å². The predicted molar refractivity (Wildman–Crippen MR) is 126 cm³/mol. The fourth-order valence-electron chi connectivity index (χ4n) is 4.53. The summed E-state index contributed by atoms with van der Waals surface area (Å²) in [4.78, 5) is 13.6. The van der Waals surface area contributed by atoms with Crippen LogP contribution in [0.3, 0.4) is 0 Å². The summed E-state index contributed by atoms with van der Waals surface area (Å²) in [5, 5.41) is 2.39. The van der Waals surface area contributed by atoms with Crippen LogP contribution >= 0.6 is 0 Å². The van der Waals surface area contributed by atoms with Crippen molar-refractivity contribution in [2.45, 2.75) is 57.6 Å². The summed E-state index contributed by atoms with van der Waals surface area (Å²) in [6, 6.07) is 21.2. The molecule has 1 aliphatic rings. The Morgan fingerprint density at radius 1 is 1.03 bits per heavy atom. The van der Waals surface area contributed by atoms with E-state index in [0.29, 0.717) is 6.61 Å². The van der Waals surface area contributed by atoms with Crippen LogP contribution in [0.25, 0.3) is 0 Å². The Bertz CT molecular complexity index is 811. The van der Waals surface area contributed by atoms with Crippen molar-refractivity contribution in [3.8, 4) is 0 Å². The molecule has 0 aliphatic carbocycles. The van der Waals surface area contributed by atoms with Crippen molar-refractivity contribution in [2.24, 2.45) is 0 Å². The van der Waals surface area contributed by atoms with Crippen LogP contribution in [0.4, 0.5) is 0 Å². The zero-order valence-corrected chi connectivity index (χ0v) is 20.5. The second-order valence-electron chi connectivity index (χ2n) is 9.48. The Hall–Kier alpha value is -1.99. The van der Waals surface area contributed by atoms with Gasteiger partial charge >= 0.3 is 5.97 Å². The summed E-state index contributed by atoms with van der Waals surface area (Å²) in [5.41, 5.74) is 0. The van der Waals surface area contributed by atoms with Gasteiger partial charge in [0.05, 0.1) is 18.8 Å². The fourth-order valence-corrected chi connectivity index (χ4v) is 9.12. The standard InChI is InChI=1S/C25H35NO4Si/c1-19(27)29-24-23(26(5)6)17-20(30-24)18-28-31(25(2,3)4,21-13-9-7-10-14-21)22-15-11-8-12-16-22/h7-16,20,23-24H,17-18H2,1-6H3/t20-,23-,24-/m1/s1. The van der Waals surface area contributed by atoms with E-state index in [1.807, 2.05) is 26.2 Å². The molecule has 1 fully saturated rings. The zero-order valence-electron chi connectivity index (χ0n) is 19.5. The van der Waals surface area contributed by atoms with Crippen molar-refractivity contribution in [2.75, 3.05) is 20.7 Å². The first kappa shape index (κ1) is 23.7. The third-order valence-corrected chi connectivity index (χ3v) is 11.0. The number of esters is 1. The lowest BCUT2D eigenvalue weighted by atomic mass is 10.1. The maximum Gasteiger partial charge on any atom is 0.304 e. The van der Waals surface area contributed by atoms with Gasteiger partial charge in [-0.2, -0.15) is 0 Å². The third-order valence-electron chi connectivity index (χ3n) is 5.99. The summed E-state index contributed by atoms with van der Waals surface area (Å²) < 4.78 is 18.6. The van der Waals surface area contributed by atoms with Gasteiger partial charge in [0.1, 0.15) is 0 Å². The summed E-state index contributed by atoms with van der Waals surface area (Å²) in [6.45, 7) is 8.66. The monoisotopic (exact) mass is 441 g/mol. The van der Waals surface area contributed by atoms with E-state index in [1.54, 1.807) is 0 Å². The second kappa shape index (κ2) is 9.65. The van der Waals surface area contributed by atoms with Crippen molar-refractivity contribution in [1.29, 1.82) is 0 Å². The van der Waals surface area contributed by atoms with Crippen molar-refractivity contribution in [1.82, 2.24) is 4.90 Å². The molecule has 0 N–H and O–H groups in total. The van der Waals surface area contributed by atoms with Gasteiger partial charge in [0.25, 0.3) is 8.32 Å². The lowest BCUT2D eigenvalue weighted by Crippen LogP contribution is -2.67. The fraction of sp³-hybridized carbons (Fsp3) is 0.480. The molecule has 0 aromatic heterocycles. The highest BCUT2D eigenvalue weighted by atomic mass is 28.4. The van der Waals surface area contributed by atoms with Crippen LogP contribution in [-0.2, 0) is 18.7 Å². The van der Waals surface area contributed by atoms with Gasteiger partial charge in [-0.1, -0.05) is 81.4 Å². The summed E-state index contributed by atoms with van der Waals surface area (Å²) in [6.07, 6.45) is 0.0435. The minimum Gasteiger partial charge on any atom is -0.434 e. The van der Waals surface area contributed by atoms with Crippen LogP contribution in [0.1, 0.15) is 34.1 Å². The number of nitrogens with zero attached hydrogens (tertiary/aromatic N) is 1. The lowest BCUT2D eigenvalue weighted by Gasteiger charge is -2.43. The van der Waals surface area contributed by atoms with E-state index < -0.39 is 14.6 Å². The molecule has 3 rings (SSSR count). The second-order valence-corrected chi connectivity index (χ2v) is 13.8. The highest BCUT2D eigenvalue weighted by molar-refractivity contribution is 6.99. The van der Waals surface area contributed by atoms with Crippen LogP contribution < -0.4 is 10.4 Å². The smallest absolute Gasteiger partial charge is 0.304 e. The van der Waals surface area contributed by atoms with Crippen LogP contribution in [-0.4, -0.2) is 58.3 Å². The molecule has 0 radical (unpaired) electrons. The number of likely N-dealkylation sites (N-methyl/N-ethyl adjacent to an activating group) is 1. The maximum absolute atomic E-state index is 11.5. The minimum absolute atomic E-state index is 0.0108. The number of hydrogen-bond donors (Lipinski definition) is 0. The molecule has 0 saturated carbocycles. The van der Waals surface area contributed by atoms with Crippen molar-refractivity contribution >= 4 is 24.7 Å². The molecule has 2 aromatic carbocycles. The number of carbonyl (C=O) groups excluding carboxylic acids is 1. The molecule has 1 heterocycles. The molecule has 31 heavy (non-hydrogen) atoms. The first-order valence-corrected chi connectivity index (χ1v) is 12.8. The Labute approximate surface area is 187 Å². The third kappa shape index (κ3) is 5.09. The number of carbonyl (C=O) groups is 1. The number of benzene rings is 2. The Morgan fingerprint density at radius 2 is 1.55 bits per heavy atom. The molecule has 1 saturated heterocycles. The molecule has 1 aliphatic heterocycles. The Kier molecular flexibility index (Phi) is 7.37. The molecule has 6 heteroatoms. The first-order chi connectivity index (χ1) is 14.6. The Balaban J connectivity index is 1.92. The predicted octanol–water partition coefficient (Wildman–Crippen LogP) is 3.17. The van der Waals surface area contributed by atoms with E-state index in [2.05, 4.69) is 74.2 Å². The Morgan fingerprint density at radius 3 is 1.97 bits per heavy atom. The quantitative estimate of drug-likeness (QED) is 0.488. The molecule has 0 bridgehead atoms. The highest BCUT2D eigenvalue weighted by Gasteiger charge is 2.51. The van der Waals surface area contributed by atoms with Gasteiger partial charge in [0.2, 0.25) is 6.29 Å². The molecule has 168 valence electrons. The van der Waals surface area contributed by atoms with E-state index in [9.17, 15) is 4.79 Å². The lowest BCUT2D eigenvalue weighted by molar-refractivity contribution is -0.181. The van der Waals surface area contributed by atoms with Gasteiger partial charge in [-0.3, -0.25) is 4.79 Å². The molecule has 3 atom stereocenters. The molecule has 0 spiro atoms. The molecular weight excluding hydrogens is 406 g/mol. The zero-order chi connectivity index (χ0) is 22.6. The summed E-state index contributed by atoms with van der Waals surface area (Å²) in [7, 11) is 1.34. The van der Waals surface area contributed by atoms with E-state index >= 15 is 0 Å². The van der Waals surface area contributed by atoms with E-state index in [-0.39, 0.29) is 23.2 Å². The maximum atomic E-state index is 11.5. The van der Waals surface area contributed by atoms with Gasteiger partial charge in [-0.05, 0) is 35.9 Å². The molecule has 0 amide bonds. The molecular formula is C25H35NO4Si. The van der Waals surface area contributed by atoms with Crippen LogP contribution in [0, 0.1) is 0 Å². The largest absolute Gasteiger partial charge is 0.434 e. The minimum atomic E-state index is -2.62. The molecule has 2 aromatic rings. The number of rotatable bonds is 7. The SMILES string of the molecule is CC(=O)O[C@@H]1O[C@@H](CO[Si](c2ccccc2)(c2ccccc2)C(C)(C)C)C[C@H]1N(C)C. The van der Waals surface area contributed by atoms with Crippen LogP contribution in [0.15, 0.2) is 60.7 Å². The van der Waals surface area contributed by atoms with E-state index in [0.717, 1.165) is 6.42 Å². The normalized spacial score (nSPS) is 22.0. The average Bonchev–Trinajstić information content (AvgIpc) is 3.11. The number of ether oxygens (including phenoxy) is 2. The summed E-state index contributed by atoms with van der Waals surface area (Å²) >= 11 is 0. The molecule has 5 nitrogen and oxygen atoms in total. The number of hydrogen-bond acceptors (Lipinski definition) is 5. The van der Waals surface area contributed by atoms with Gasteiger partial charge in [-0.15, -0.1) is 0 Å².